The first-order chi connectivity index (χ1) is 5.75. The predicted octanol–water partition coefficient (Wildman–Crippen LogP) is 2.69. The van der Waals surface area contributed by atoms with Crippen molar-refractivity contribution in [2.24, 2.45) is 0 Å². The molecule has 1 fully saturated rings. The molecular weight excluding hydrogens is 216 g/mol. The van der Waals surface area contributed by atoms with Crippen LogP contribution >= 0.6 is 15.9 Å². The van der Waals surface area contributed by atoms with E-state index < -0.39 is 0 Å². The average Bonchev–Trinajstić information content (AvgIpc) is 2.01. The molecule has 0 amide bonds. The Kier molecular flexibility index (Phi) is 2.20. The van der Waals surface area contributed by atoms with Gasteiger partial charge in [-0.1, -0.05) is 28.1 Å². The molecule has 0 radical (unpaired) electrons. The molecule has 1 aromatic carbocycles. The molecule has 1 aromatic rings. The van der Waals surface area contributed by atoms with Crippen LogP contribution in [0.4, 0.5) is 0 Å². The van der Waals surface area contributed by atoms with E-state index in [4.69, 9.17) is 5.11 Å². The molecule has 2 heteroatoms. The van der Waals surface area contributed by atoms with Crippen molar-refractivity contribution < 1.29 is 5.11 Å². The molecule has 12 heavy (non-hydrogen) atoms. The average molecular weight is 227 g/mol. The SMILES string of the molecule is OC1CC(c2ccc(Br)cc2)C1. The molecule has 0 atom stereocenters. The lowest BCUT2D eigenvalue weighted by molar-refractivity contribution is 0.0746. The van der Waals surface area contributed by atoms with Crippen LogP contribution in [0.5, 0.6) is 0 Å². The van der Waals surface area contributed by atoms with Crippen LogP contribution in [0.2, 0.25) is 0 Å². The van der Waals surface area contributed by atoms with E-state index in [0.717, 1.165) is 17.3 Å². The van der Waals surface area contributed by atoms with Crippen LogP contribution in [-0.2, 0) is 0 Å². The van der Waals surface area contributed by atoms with Crippen molar-refractivity contribution in [3.05, 3.63) is 34.3 Å². The minimum Gasteiger partial charge on any atom is -0.393 e. The minimum absolute atomic E-state index is 0.0568. The third-order valence-corrected chi connectivity index (χ3v) is 2.98. The van der Waals surface area contributed by atoms with E-state index >= 15 is 0 Å². The van der Waals surface area contributed by atoms with E-state index in [1.54, 1.807) is 0 Å². The van der Waals surface area contributed by atoms with Gasteiger partial charge in [0.2, 0.25) is 0 Å². The Balaban J connectivity index is 2.09. The molecule has 1 saturated carbocycles. The summed E-state index contributed by atoms with van der Waals surface area (Å²) in [4.78, 5) is 0. The van der Waals surface area contributed by atoms with Crippen molar-refractivity contribution in [2.45, 2.75) is 24.9 Å². The van der Waals surface area contributed by atoms with Crippen molar-refractivity contribution in [3.63, 3.8) is 0 Å². The van der Waals surface area contributed by atoms with Crippen LogP contribution in [0.15, 0.2) is 28.7 Å². The summed E-state index contributed by atoms with van der Waals surface area (Å²) in [5.74, 6) is 0.591. The van der Waals surface area contributed by atoms with Gasteiger partial charge in [-0.2, -0.15) is 0 Å². The number of aliphatic hydroxyl groups excluding tert-OH is 1. The maximum atomic E-state index is 9.12. The summed E-state index contributed by atoms with van der Waals surface area (Å²) < 4.78 is 1.12. The molecule has 0 aromatic heterocycles. The lowest BCUT2D eigenvalue weighted by Crippen LogP contribution is -2.26. The highest BCUT2D eigenvalue weighted by molar-refractivity contribution is 9.10. The second-order valence-corrected chi connectivity index (χ2v) is 4.29. The Morgan fingerprint density at radius 2 is 1.75 bits per heavy atom. The van der Waals surface area contributed by atoms with Crippen LogP contribution in [-0.4, -0.2) is 11.2 Å². The molecule has 0 spiro atoms. The van der Waals surface area contributed by atoms with Gasteiger partial charge in [-0.15, -0.1) is 0 Å². The summed E-state index contributed by atoms with van der Waals surface area (Å²) in [6.07, 6.45) is 1.81. The summed E-state index contributed by atoms with van der Waals surface area (Å²) in [6, 6.07) is 8.36. The topological polar surface area (TPSA) is 20.2 Å². The van der Waals surface area contributed by atoms with E-state index in [-0.39, 0.29) is 6.10 Å². The molecule has 64 valence electrons. The Hall–Kier alpha value is -0.340. The summed E-state index contributed by atoms with van der Waals surface area (Å²) >= 11 is 3.40. The molecular formula is C10H11BrO. The molecule has 1 N–H and O–H groups in total. The van der Waals surface area contributed by atoms with Gasteiger partial charge >= 0.3 is 0 Å². The zero-order valence-electron chi connectivity index (χ0n) is 6.70. The van der Waals surface area contributed by atoms with Gasteiger partial charge in [-0.25, -0.2) is 0 Å². The predicted molar refractivity (Wildman–Crippen MR) is 52.1 cm³/mol. The number of rotatable bonds is 1. The fourth-order valence-corrected chi connectivity index (χ4v) is 1.86. The van der Waals surface area contributed by atoms with Gasteiger partial charge in [0, 0.05) is 4.47 Å². The van der Waals surface area contributed by atoms with Crippen LogP contribution in [0.3, 0.4) is 0 Å². The van der Waals surface area contributed by atoms with Crippen LogP contribution in [0.25, 0.3) is 0 Å². The standard InChI is InChI=1S/C10H11BrO/c11-9-3-1-7(2-4-9)8-5-10(12)6-8/h1-4,8,10,12H,5-6H2. The smallest absolute Gasteiger partial charge is 0.0552 e. The van der Waals surface area contributed by atoms with Crippen LogP contribution in [0, 0.1) is 0 Å². The molecule has 0 unspecified atom stereocenters. The highest BCUT2D eigenvalue weighted by Crippen LogP contribution is 2.36. The fourth-order valence-electron chi connectivity index (χ4n) is 1.59. The van der Waals surface area contributed by atoms with Crippen molar-refractivity contribution in [2.75, 3.05) is 0 Å². The van der Waals surface area contributed by atoms with Crippen molar-refractivity contribution >= 4 is 15.9 Å². The molecule has 1 aliphatic carbocycles. The molecule has 1 aliphatic rings. The fraction of sp³-hybridized carbons (Fsp3) is 0.400. The number of benzene rings is 1. The summed E-state index contributed by atoms with van der Waals surface area (Å²) in [6.45, 7) is 0. The van der Waals surface area contributed by atoms with Crippen molar-refractivity contribution in [1.82, 2.24) is 0 Å². The zero-order chi connectivity index (χ0) is 8.55. The number of aliphatic hydroxyl groups is 1. The van der Waals surface area contributed by atoms with Gasteiger partial charge in [-0.05, 0) is 36.5 Å². The van der Waals surface area contributed by atoms with Crippen molar-refractivity contribution in [3.8, 4) is 0 Å². The van der Waals surface area contributed by atoms with E-state index in [1.165, 1.54) is 5.56 Å². The van der Waals surface area contributed by atoms with E-state index in [1.807, 2.05) is 0 Å². The van der Waals surface area contributed by atoms with E-state index in [9.17, 15) is 0 Å². The number of halogens is 1. The highest BCUT2D eigenvalue weighted by Gasteiger charge is 2.27. The quantitative estimate of drug-likeness (QED) is 0.781. The van der Waals surface area contributed by atoms with Crippen molar-refractivity contribution in [1.29, 1.82) is 0 Å². The van der Waals surface area contributed by atoms with Crippen LogP contribution in [0.1, 0.15) is 24.3 Å². The Morgan fingerprint density at radius 3 is 2.25 bits per heavy atom. The molecule has 0 aliphatic heterocycles. The van der Waals surface area contributed by atoms with Crippen LogP contribution < -0.4 is 0 Å². The normalized spacial score (nSPS) is 28.2. The molecule has 0 saturated heterocycles. The first kappa shape index (κ1) is 8.27. The summed E-state index contributed by atoms with van der Waals surface area (Å²) in [5, 5.41) is 9.12. The Morgan fingerprint density at radius 1 is 1.17 bits per heavy atom. The monoisotopic (exact) mass is 226 g/mol. The molecule has 1 nitrogen and oxygen atoms in total. The molecule has 2 rings (SSSR count). The highest BCUT2D eigenvalue weighted by atomic mass is 79.9. The third kappa shape index (κ3) is 1.54. The third-order valence-electron chi connectivity index (χ3n) is 2.45. The van der Waals surface area contributed by atoms with Gasteiger partial charge < -0.3 is 5.11 Å². The first-order valence-corrected chi connectivity index (χ1v) is 4.98. The van der Waals surface area contributed by atoms with Gasteiger partial charge in [0.1, 0.15) is 0 Å². The Labute approximate surface area is 80.5 Å². The largest absolute Gasteiger partial charge is 0.393 e. The lowest BCUT2D eigenvalue weighted by Gasteiger charge is -2.31. The van der Waals surface area contributed by atoms with Gasteiger partial charge in [0.25, 0.3) is 0 Å². The lowest BCUT2D eigenvalue weighted by atomic mass is 9.78. The van der Waals surface area contributed by atoms with Gasteiger partial charge in [0.15, 0.2) is 0 Å². The van der Waals surface area contributed by atoms with Gasteiger partial charge in [0.05, 0.1) is 6.10 Å². The number of hydrogen-bond acceptors (Lipinski definition) is 1. The summed E-state index contributed by atoms with van der Waals surface area (Å²) in [5.41, 5.74) is 1.35. The maximum absolute atomic E-state index is 9.12. The second-order valence-electron chi connectivity index (χ2n) is 3.37. The zero-order valence-corrected chi connectivity index (χ0v) is 8.29. The maximum Gasteiger partial charge on any atom is 0.0552 e. The minimum atomic E-state index is -0.0568. The van der Waals surface area contributed by atoms with Gasteiger partial charge in [-0.3, -0.25) is 0 Å². The first-order valence-electron chi connectivity index (χ1n) is 4.19. The summed E-state index contributed by atoms with van der Waals surface area (Å²) in [7, 11) is 0. The second kappa shape index (κ2) is 3.19. The number of hydrogen-bond donors (Lipinski definition) is 1. The Bertz CT molecular complexity index is 262. The molecule has 0 heterocycles. The van der Waals surface area contributed by atoms with E-state index in [2.05, 4.69) is 40.2 Å². The van der Waals surface area contributed by atoms with E-state index in [0.29, 0.717) is 5.92 Å². The molecule has 0 bridgehead atoms.